The van der Waals surface area contributed by atoms with E-state index in [9.17, 15) is 4.79 Å². The molecule has 0 amide bonds. The van der Waals surface area contributed by atoms with Gasteiger partial charge >= 0.3 is 0 Å². The third kappa shape index (κ3) is 2.90. The molecule has 0 aliphatic rings. The van der Waals surface area contributed by atoms with Crippen LogP contribution in [0.4, 0.5) is 0 Å². The van der Waals surface area contributed by atoms with Crippen molar-refractivity contribution in [1.82, 2.24) is 0 Å². The zero-order valence-corrected chi connectivity index (χ0v) is 10.8. The molecule has 0 aliphatic heterocycles. The topological polar surface area (TPSA) is 17.1 Å². The van der Waals surface area contributed by atoms with Crippen LogP contribution in [0.5, 0.6) is 0 Å². The lowest BCUT2D eigenvalue weighted by molar-refractivity contribution is 0.103. The van der Waals surface area contributed by atoms with Crippen molar-refractivity contribution in [3.63, 3.8) is 0 Å². The summed E-state index contributed by atoms with van der Waals surface area (Å²) in [5.74, 6) is 0.712. The molecule has 0 fully saturated rings. The summed E-state index contributed by atoms with van der Waals surface area (Å²) in [4.78, 5) is 12.4. The van der Waals surface area contributed by atoms with Gasteiger partial charge in [0.15, 0.2) is 5.78 Å². The van der Waals surface area contributed by atoms with Gasteiger partial charge in [-0.25, -0.2) is 0 Å². The molecule has 0 unspecified atom stereocenters. The predicted molar refractivity (Wildman–Crippen MR) is 79.2 cm³/mol. The number of hydrogen-bond acceptors (Lipinski definition) is 2. The maximum absolute atomic E-state index is 12.4. The first-order valence-corrected chi connectivity index (χ1v) is 6.42. The largest absolute Gasteiger partial charge is 0.289 e. The molecule has 2 aromatic rings. The number of benzene rings is 2. The second kappa shape index (κ2) is 6.22. The molecule has 0 aliphatic carbocycles. The Morgan fingerprint density at radius 1 is 1.00 bits per heavy atom. The minimum atomic E-state index is 0.0509. The molecule has 0 N–H and O–H groups in total. The van der Waals surface area contributed by atoms with E-state index in [0.717, 1.165) is 11.1 Å². The van der Waals surface area contributed by atoms with E-state index in [1.54, 1.807) is 0 Å². The minimum Gasteiger partial charge on any atom is -0.289 e. The summed E-state index contributed by atoms with van der Waals surface area (Å²) in [5.41, 5.74) is 2.37. The average molecular weight is 254 g/mol. The van der Waals surface area contributed by atoms with E-state index in [0.29, 0.717) is 11.3 Å². The number of carbonyl (C=O) groups is 1. The van der Waals surface area contributed by atoms with Crippen LogP contribution in [0.3, 0.4) is 0 Å². The third-order valence-corrected chi connectivity index (χ3v) is 2.86. The second-order valence-corrected chi connectivity index (χ2v) is 4.23. The monoisotopic (exact) mass is 254 g/mol. The molecule has 0 aromatic heterocycles. The van der Waals surface area contributed by atoms with Crippen molar-refractivity contribution in [3.05, 3.63) is 77.4 Å². The van der Waals surface area contributed by atoms with Gasteiger partial charge in [0.2, 0.25) is 0 Å². The zero-order valence-electron chi connectivity index (χ0n) is 9.91. The molecule has 2 heteroatoms. The average Bonchev–Trinajstić information content (AvgIpc) is 2.45. The van der Waals surface area contributed by atoms with Gasteiger partial charge in [-0.15, -0.1) is 0 Å². The number of carbonyl (C=O) groups excluding carboxylic acids is 1. The first-order chi connectivity index (χ1) is 8.83. The van der Waals surface area contributed by atoms with Crippen molar-refractivity contribution in [2.24, 2.45) is 0 Å². The van der Waals surface area contributed by atoms with Crippen LogP contribution in [0.15, 0.2) is 60.7 Å². The molecule has 2 aromatic carbocycles. The number of hydrogen-bond donors (Lipinski definition) is 1. The quantitative estimate of drug-likeness (QED) is 0.647. The van der Waals surface area contributed by atoms with E-state index >= 15 is 0 Å². The molecule has 1 nitrogen and oxygen atoms in total. The fraction of sp³-hybridized carbons (Fsp3) is 0.0625. The summed E-state index contributed by atoms with van der Waals surface area (Å²) in [7, 11) is 0. The van der Waals surface area contributed by atoms with E-state index in [2.05, 4.69) is 12.6 Å². The Morgan fingerprint density at radius 2 is 1.67 bits per heavy atom. The van der Waals surface area contributed by atoms with Crippen LogP contribution in [0.1, 0.15) is 21.5 Å². The van der Waals surface area contributed by atoms with Gasteiger partial charge in [0, 0.05) is 16.9 Å². The highest BCUT2D eigenvalue weighted by molar-refractivity contribution is 7.80. The van der Waals surface area contributed by atoms with E-state index in [-0.39, 0.29) is 5.78 Å². The summed E-state index contributed by atoms with van der Waals surface area (Å²) < 4.78 is 0. The molecule has 0 radical (unpaired) electrons. The van der Waals surface area contributed by atoms with Gasteiger partial charge in [-0.1, -0.05) is 66.7 Å². The fourth-order valence-corrected chi connectivity index (χ4v) is 1.88. The predicted octanol–water partition coefficient (Wildman–Crippen LogP) is 3.86. The van der Waals surface area contributed by atoms with Crippen molar-refractivity contribution < 1.29 is 4.79 Å². The molecule has 0 heterocycles. The van der Waals surface area contributed by atoms with Crippen LogP contribution < -0.4 is 0 Å². The highest BCUT2D eigenvalue weighted by atomic mass is 32.1. The molecular formula is C16H14OS. The lowest BCUT2D eigenvalue weighted by atomic mass is 9.98. The first-order valence-electron chi connectivity index (χ1n) is 5.79. The summed E-state index contributed by atoms with van der Waals surface area (Å²) >= 11 is 4.14. The van der Waals surface area contributed by atoms with Gasteiger partial charge in [0.1, 0.15) is 0 Å². The maximum Gasteiger partial charge on any atom is 0.193 e. The third-order valence-electron chi connectivity index (χ3n) is 2.64. The summed E-state index contributed by atoms with van der Waals surface area (Å²) in [6.45, 7) is 0. The van der Waals surface area contributed by atoms with Gasteiger partial charge in [0.25, 0.3) is 0 Å². The van der Waals surface area contributed by atoms with Crippen molar-refractivity contribution in [1.29, 1.82) is 0 Å². The molecule has 0 atom stereocenters. The lowest BCUT2D eigenvalue weighted by Crippen LogP contribution is -2.03. The SMILES string of the molecule is O=C(c1ccccc1)c1ccccc1C=CCS. The van der Waals surface area contributed by atoms with E-state index in [4.69, 9.17) is 0 Å². The van der Waals surface area contributed by atoms with Crippen molar-refractivity contribution in [2.45, 2.75) is 0 Å². The molecule has 0 saturated carbocycles. The van der Waals surface area contributed by atoms with Gasteiger partial charge in [-0.05, 0) is 5.56 Å². The van der Waals surface area contributed by atoms with Crippen LogP contribution >= 0.6 is 12.6 Å². The maximum atomic E-state index is 12.4. The number of rotatable bonds is 4. The molecule has 2 rings (SSSR count). The Labute approximate surface area is 113 Å². The van der Waals surface area contributed by atoms with Crippen molar-refractivity contribution in [3.8, 4) is 0 Å². The van der Waals surface area contributed by atoms with Crippen LogP contribution in [0.2, 0.25) is 0 Å². The summed E-state index contributed by atoms with van der Waals surface area (Å²) in [5, 5.41) is 0. The molecule has 90 valence electrons. The highest BCUT2D eigenvalue weighted by Crippen LogP contribution is 2.16. The van der Waals surface area contributed by atoms with Crippen LogP contribution in [-0.4, -0.2) is 11.5 Å². The number of ketones is 1. The smallest absolute Gasteiger partial charge is 0.193 e. The lowest BCUT2D eigenvalue weighted by Gasteiger charge is -2.05. The standard InChI is InChI=1S/C16H14OS/c17-16(14-8-2-1-3-9-14)15-11-5-4-7-13(15)10-6-12-18/h1-11,18H,12H2. The second-order valence-electron chi connectivity index (χ2n) is 3.87. The van der Waals surface area contributed by atoms with Crippen molar-refractivity contribution >= 4 is 24.5 Å². The van der Waals surface area contributed by atoms with E-state index < -0.39 is 0 Å². The Morgan fingerprint density at radius 3 is 2.39 bits per heavy atom. The zero-order chi connectivity index (χ0) is 12.8. The van der Waals surface area contributed by atoms with Crippen molar-refractivity contribution in [2.75, 3.05) is 5.75 Å². The summed E-state index contributed by atoms with van der Waals surface area (Å²) in [6.07, 6.45) is 3.86. The summed E-state index contributed by atoms with van der Waals surface area (Å²) in [6, 6.07) is 16.9. The highest BCUT2D eigenvalue weighted by Gasteiger charge is 2.10. The van der Waals surface area contributed by atoms with E-state index in [1.165, 1.54) is 0 Å². The van der Waals surface area contributed by atoms with Gasteiger partial charge in [-0.2, -0.15) is 12.6 Å². The Balaban J connectivity index is 2.39. The minimum absolute atomic E-state index is 0.0509. The van der Waals surface area contributed by atoms with Crippen LogP contribution in [0, 0.1) is 0 Å². The van der Waals surface area contributed by atoms with Gasteiger partial charge in [-0.3, -0.25) is 4.79 Å². The molecule has 0 bridgehead atoms. The van der Waals surface area contributed by atoms with Crippen LogP contribution in [-0.2, 0) is 0 Å². The molecule has 0 saturated heterocycles. The normalized spacial score (nSPS) is 10.7. The van der Waals surface area contributed by atoms with Crippen LogP contribution in [0.25, 0.3) is 6.08 Å². The Kier molecular flexibility index (Phi) is 4.37. The molecule has 18 heavy (non-hydrogen) atoms. The number of thiol groups is 1. The first kappa shape index (κ1) is 12.7. The molecular weight excluding hydrogens is 240 g/mol. The fourth-order valence-electron chi connectivity index (χ4n) is 1.77. The van der Waals surface area contributed by atoms with Gasteiger partial charge < -0.3 is 0 Å². The van der Waals surface area contributed by atoms with E-state index in [1.807, 2.05) is 66.7 Å². The Bertz CT molecular complexity index is 558. The van der Waals surface area contributed by atoms with Gasteiger partial charge in [0.05, 0.1) is 0 Å². The Hall–Kier alpha value is -1.80. The molecule has 0 spiro atoms.